The van der Waals surface area contributed by atoms with Crippen molar-refractivity contribution >= 4 is 11.8 Å². The molecule has 2 heterocycles. The SMILES string of the molecule is CCCCN1C[C@@H](C(=O)NC[C@H]2CCCO2)CC1=O. The van der Waals surface area contributed by atoms with Crippen LogP contribution in [0.25, 0.3) is 0 Å². The number of hydrogen-bond donors (Lipinski definition) is 1. The van der Waals surface area contributed by atoms with Gasteiger partial charge in [0.2, 0.25) is 11.8 Å². The largest absolute Gasteiger partial charge is 0.376 e. The lowest BCUT2D eigenvalue weighted by Crippen LogP contribution is -2.37. The second-order valence-corrected chi connectivity index (χ2v) is 5.47. The fraction of sp³-hybridized carbons (Fsp3) is 0.857. The van der Waals surface area contributed by atoms with Crippen molar-refractivity contribution in [1.29, 1.82) is 0 Å². The van der Waals surface area contributed by atoms with Gasteiger partial charge in [0.25, 0.3) is 0 Å². The number of amides is 2. The van der Waals surface area contributed by atoms with Crippen LogP contribution in [0.15, 0.2) is 0 Å². The Bertz CT molecular complexity index is 327. The van der Waals surface area contributed by atoms with Crippen LogP contribution in [-0.4, -0.2) is 49.1 Å². The predicted octanol–water partition coefficient (Wildman–Crippen LogP) is 0.930. The molecular formula is C14H24N2O3. The van der Waals surface area contributed by atoms with Crippen LogP contribution in [0.1, 0.15) is 39.0 Å². The number of rotatable bonds is 6. The maximum absolute atomic E-state index is 12.0. The minimum atomic E-state index is -0.175. The van der Waals surface area contributed by atoms with Gasteiger partial charge in [-0.15, -0.1) is 0 Å². The molecular weight excluding hydrogens is 244 g/mol. The third-order valence-electron chi connectivity index (χ3n) is 3.89. The molecule has 2 atom stereocenters. The van der Waals surface area contributed by atoms with Crippen LogP contribution in [0.5, 0.6) is 0 Å². The number of unbranched alkanes of at least 4 members (excludes halogenated alkanes) is 1. The van der Waals surface area contributed by atoms with E-state index in [4.69, 9.17) is 4.74 Å². The van der Waals surface area contributed by atoms with E-state index in [0.717, 1.165) is 38.8 Å². The van der Waals surface area contributed by atoms with Gasteiger partial charge in [0, 0.05) is 32.7 Å². The molecule has 0 aliphatic carbocycles. The maximum atomic E-state index is 12.0. The van der Waals surface area contributed by atoms with E-state index < -0.39 is 0 Å². The summed E-state index contributed by atoms with van der Waals surface area (Å²) in [7, 11) is 0. The molecule has 2 aliphatic heterocycles. The summed E-state index contributed by atoms with van der Waals surface area (Å²) in [5.74, 6) is -0.0562. The zero-order chi connectivity index (χ0) is 13.7. The Labute approximate surface area is 114 Å². The summed E-state index contributed by atoms with van der Waals surface area (Å²) < 4.78 is 5.47. The Morgan fingerprint density at radius 1 is 1.53 bits per heavy atom. The van der Waals surface area contributed by atoms with Crippen LogP contribution in [0, 0.1) is 5.92 Å². The van der Waals surface area contributed by atoms with Gasteiger partial charge in [-0.1, -0.05) is 13.3 Å². The first-order valence-corrected chi connectivity index (χ1v) is 7.37. The van der Waals surface area contributed by atoms with E-state index in [1.807, 2.05) is 4.90 Å². The summed E-state index contributed by atoms with van der Waals surface area (Å²) in [6, 6.07) is 0. The maximum Gasteiger partial charge on any atom is 0.225 e. The Morgan fingerprint density at radius 2 is 2.37 bits per heavy atom. The molecule has 2 amide bonds. The van der Waals surface area contributed by atoms with Crippen LogP contribution in [0.4, 0.5) is 0 Å². The Morgan fingerprint density at radius 3 is 3.05 bits per heavy atom. The van der Waals surface area contributed by atoms with Gasteiger partial charge < -0.3 is 15.0 Å². The van der Waals surface area contributed by atoms with Gasteiger partial charge in [0.15, 0.2) is 0 Å². The molecule has 19 heavy (non-hydrogen) atoms. The van der Waals surface area contributed by atoms with Crippen LogP contribution in [-0.2, 0) is 14.3 Å². The second kappa shape index (κ2) is 6.89. The number of likely N-dealkylation sites (tertiary alicyclic amines) is 1. The van der Waals surface area contributed by atoms with E-state index in [-0.39, 0.29) is 23.8 Å². The lowest BCUT2D eigenvalue weighted by Gasteiger charge is -2.16. The molecule has 0 aromatic carbocycles. The highest BCUT2D eigenvalue weighted by molar-refractivity contribution is 5.89. The lowest BCUT2D eigenvalue weighted by atomic mass is 10.1. The fourth-order valence-electron chi connectivity index (χ4n) is 2.68. The number of carbonyl (C=O) groups is 2. The third-order valence-corrected chi connectivity index (χ3v) is 3.89. The van der Waals surface area contributed by atoms with Crippen molar-refractivity contribution in [2.75, 3.05) is 26.2 Å². The zero-order valence-corrected chi connectivity index (χ0v) is 11.7. The molecule has 5 heteroatoms. The van der Waals surface area contributed by atoms with Crippen molar-refractivity contribution in [2.45, 2.75) is 45.1 Å². The van der Waals surface area contributed by atoms with Crippen LogP contribution < -0.4 is 5.32 Å². The molecule has 5 nitrogen and oxygen atoms in total. The minimum Gasteiger partial charge on any atom is -0.376 e. The minimum absolute atomic E-state index is 0.00264. The number of ether oxygens (including phenoxy) is 1. The highest BCUT2D eigenvalue weighted by atomic mass is 16.5. The summed E-state index contributed by atoms with van der Waals surface area (Å²) in [6.45, 7) is 4.85. The van der Waals surface area contributed by atoms with E-state index in [2.05, 4.69) is 12.2 Å². The first kappa shape index (κ1) is 14.3. The smallest absolute Gasteiger partial charge is 0.225 e. The highest BCUT2D eigenvalue weighted by Crippen LogP contribution is 2.19. The highest BCUT2D eigenvalue weighted by Gasteiger charge is 2.34. The standard InChI is InChI=1S/C14H24N2O3/c1-2-3-6-16-10-11(8-13(16)17)14(18)15-9-12-5-4-7-19-12/h11-12H,2-10H2,1H3,(H,15,18)/t11-,12+/m0/s1. The fourth-order valence-corrected chi connectivity index (χ4v) is 2.68. The first-order valence-electron chi connectivity index (χ1n) is 7.37. The molecule has 2 aliphatic rings. The van der Waals surface area contributed by atoms with Crippen LogP contribution in [0.2, 0.25) is 0 Å². The van der Waals surface area contributed by atoms with Crippen molar-refractivity contribution < 1.29 is 14.3 Å². The summed E-state index contributed by atoms with van der Waals surface area (Å²) in [5, 5.41) is 2.92. The summed E-state index contributed by atoms with van der Waals surface area (Å²) in [6.07, 6.45) is 4.70. The number of carbonyl (C=O) groups excluding carboxylic acids is 2. The van der Waals surface area contributed by atoms with Crippen molar-refractivity contribution in [2.24, 2.45) is 5.92 Å². The number of hydrogen-bond acceptors (Lipinski definition) is 3. The Kier molecular flexibility index (Phi) is 5.19. The van der Waals surface area contributed by atoms with Gasteiger partial charge in [0.1, 0.15) is 0 Å². The second-order valence-electron chi connectivity index (χ2n) is 5.47. The third kappa shape index (κ3) is 3.93. The van der Waals surface area contributed by atoms with Crippen molar-refractivity contribution in [1.82, 2.24) is 10.2 Å². The summed E-state index contributed by atoms with van der Waals surface area (Å²) >= 11 is 0. The average molecular weight is 268 g/mol. The molecule has 0 spiro atoms. The van der Waals surface area contributed by atoms with Crippen LogP contribution >= 0.6 is 0 Å². The molecule has 0 aromatic heterocycles. The van der Waals surface area contributed by atoms with Crippen molar-refractivity contribution in [3.63, 3.8) is 0 Å². The van der Waals surface area contributed by atoms with Gasteiger partial charge >= 0.3 is 0 Å². The molecule has 0 aromatic rings. The zero-order valence-electron chi connectivity index (χ0n) is 11.7. The van der Waals surface area contributed by atoms with Crippen molar-refractivity contribution in [3.05, 3.63) is 0 Å². The predicted molar refractivity (Wildman–Crippen MR) is 71.6 cm³/mol. The van der Waals surface area contributed by atoms with E-state index in [9.17, 15) is 9.59 Å². The molecule has 2 rings (SSSR count). The van der Waals surface area contributed by atoms with Gasteiger partial charge in [-0.3, -0.25) is 9.59 Å². The Hall–Kier alpha value is -1.10. The lowest BCUT2D eigenvalue weighted by molar-refractivity contribution is -0.129. The normalized spacial score (nSPS) is 27.0. The molecule has 0 saturated carbocycles. The van der Waals surface area contributed by atoms with Crippen molar-refractivity contribution in [3.8, 4) is 0 Å². The molecule has 2 saturated heterocycles. The Balaban J connectivity index is 1.72. The quantitative estimate of drug-likeness (QED) is 0.779. The van der Waals surface area contributed by atoms with Gasteiger partial charge in [-0.25, -0.2) is 0 Å². The summed E-state index contributed by atoms with van der Waals surface area (Å²) in [4.78, 5) is 25.6. The molecule has 108 valence electrons. The van der Waals surface area contributed by atoms with E-state index >= 15 is 0 Å². The monoisotopic (exact) mass is 268 g/mol. The summed E-state index contributed by atoms with van der Waals surface area (Å²) in [5.41, 5.74) is 0. The van der Waals surface area contributed by atoms with E-state index in [1.165, 1.54) is 0 Å². The average Bonchev–Trinajstić information content (AvgIpc) is 3.03. The molecule has 0 radical (unpaired) electrons. The van der Waals surface area contributed by atoms with Gasteiger partial charge in [-0.2, -0.15) is 0 Å². The van der Waals surface area contributed by atoms with Gasteiger partial charge in [-0.05, 0) is 19.3 Å². The molecule has 1 N–H and O–H groups in total. The van der Waals surface area contributed by atoms with Crippen LogP contribution in [0.3, 0.4) is 0 Å². The van der Waals surface area contributed by atoms with E-state index in [0.29, 0.717) is 19.5 Å². The number of nitrogens with one attached hydrogen (secondary N) is 1. The molecule has 0 unspecified atom stereocenters. The first-order chi connectivity index (χ1) is 9.20. The molecule has 0 bridgehead atoms. The number of nitrogens with zero attached hydrogens (tertiary/aromatic N) is 1. The van der Waals surface area contributed by atoms with E-state index in [1.54, 1.807) is 0 Å². The van der Waals surface area contributed by atoms with Gasteiger partial charge in [0.05, 0.1) is 12.0 Å². The molecule has 2 fully saturated rings. The topological polar surface area (TPSA) is 58.6 Å².